The van der Waals surface area contributed by atoms with Gasteiger partial charge >= 0.3 is 0 Å². The number of nitrogens with zero attached hydrogens (tertiary/aromatic N) is 2. The molecule has 9 aromatic rings. The zero-order chi connectivity index (χ0) is 34.8. The van der Waals surface area contributed by atoms with Crippen molar-refractivity contribution in [2.45, 2.75) is 38.5 Å². The van der Waals surface area contributed by atoms with Crippen LogP contribution in [0.5, 0.6) is 0 Å². The predicted octanol–water partition coefficient (Wildman–Crippen LogP) is 14.2. The molecular formula is C47H30N2O2S2. The monoisotopic (exact) mass is 718 g/mol. The van der Waals surface area contributed by atoms with Gasteiger partial charge in [-0.25, -0.2) is 0 Å². The lowest BCUT2D eigenvalue weighted by Gasteiger charge is -2.40. The van der Waals surface area contributed by atoms with E-state index in [0.717, 1.165) is 39.0 Å². The maximum atomic E-state index is 6.82. The zero-order valence-electron chi connectivity index (χ0n) is 28.6. The van der Waals surface area contributed by atoms with Crippen LogP contribution in [0.3, 0.4) is 0 Å². The van der Waals surface area contributed by atoms with Crippen LogP contribution in [0.2, 0.25) is 0 Å². The fourth-order valence-electron chi connectivity index (χ4n) is 8.81. The van der Waals surface area contributed by atoms with Crippen LogP contribution in [0, 0.1) is 0 Å². The molecule has 0 amide bonds. The molecule has 4 heterocycles. The first-order valence-electron chi connectivity index (χ1n) is 18.0. The maximum absolute atomic E-state index is 6.82. The Morgan fingerprint density at radius 1 is 0.509 bits per heavy atom. The van der Waals surface area contributed by atoms with E-state index in [2.05, 4.69) is 168 Å². The molecule has 0 saturated heterocycles. The highest BCUT2D eigenvalue weighted by molar-refractivity contribution is 8.00. The third-order valence-electron chi connectivity index (χ3n) is 11.2. The topological polar surface area (TPSA) is 32.8 Å². The minimum absolute atomic E-state index is 0.105. The second-order valence-corrected chi connectivity index (χ2v) is 16.2. The molecule has 1 aliphatic carbocycles. The number of para-hydroxylation sites is 4. The highest BCUT2D eigenvalue weighted by atomic mass is 32.2. The molecule has 3 aliphatic rings. The third kappa shape index (κ3) is 4.22. The number of furan rings is 2. The van der Waals surface area contributed by atoms with Gasteiger partial charge in [-0.3, -0.25) is 0 Å². The second-order valence-electron chi connectivity index (χ2n) is 14.1. The van der Waals surface area contributed by atoms with Crippen molar-refractivity contribution in [2.24, 2.45) is 0 Å². The van der Waals surface area contributed by atoms with Gasteiger partial charge in [0.25, 0.3) is 0 Å². The maximum Gasteiger partial charge on any atom is 0.137 e. The van der Waals surface area contributed by atoms with E-state index in [-0.39, 0.29) is 12.0 Å². The Balaban J connectivity index is 0.991. The molecule has 2 aliphatic heterocycles. The lowest BCUT2D eigenvalue weighted by atomic mass is 9.87. The van der Waals surface area contributed by atoms with Crippen LogP contribution in [0.25, 0.3) is 49.8 Å². The number of fused-ring (bicyclic) bond motifs is 13. The van der Waals surface area contributed by atoms with Crippen LogP contribution in [-0.2, 0) is 0 Å². The van der Waals surface area contributed by atoms with Crippen LogP contribution in [-0.4, -0.2) is 6.04 Å². The van der Waals surface area contributed by atoms with E-state index >= 15 is 0 Å². The Kier molecular flexibility index (Phi) is 6.22. The van der Waals surface area contributed by atoms with Gasteiger partial charge in [-0.1, -0.05) is 91.1 Å². The number of anilines is 5. The van der Waals surface area contributed by atoms with Crippen LogP contribution < -0.4 is 9.80 Å². The summed E-state index contributed by atoms with van der Waals surface area (Å²) in [6.45, 7) is 2.31. The fraction of sp³-hybridized carbons (Fsp3) is 0.0638. The van der Waals surface area contributed by atoms with Crippen molar-refractivity contribution >= 4 is 102 Å². The summed E-state index contributed by atoms with van der Waals surface area (Å²) in [5, 5.41) is 5.78. The summed E-state index contributed by atoms with van der Waals surface area (Å²) in [7, 11) is 0. The standard InChI is InChI=1S/C47H30N2O2S2/c1-27-33(49-36-12-4-8-16-43(36)53-44-17-9-5-13-37(44)49)23-20-32-46-30-21-24-38-45(29(30)22-25-39(46)51-47(27)32)31-19-18-28(26-40(31)50-38)48-34-10-2-6-14-41(34)52-42-15-7-3-11-35(42)48/h2-27,33H,1H3. The SMILES string of the molecule is CC1c2oc3ccc4c(ccc5oc6cc(N7c8ccccc8Sc8ccccc87)ccc6c54)c3c2C=CC1N1c2ccccc2Sc2ccccc21. The van der Waals surface area contributed by atoms with E-state index < -0.39 is 0 Å². The number of hydrogen-bond donors (Lipinski definition) is 0. The molecule has 0 spiro atoms. The van der Waals surface area contributed by atoms with Crippen molar-refractivity contribution in [1.29, 1.82) is 0 Å². The largest absolute Gasteiger partial charge is 0.460 e. The summed E-state index contributed by atoms with van der Waals surface area (Å²) in [6, 6.07) is 50.2. The van der Waals surface area contributed by atoms with E-state index in [0.29, 0.717) is 0 Å². The molecular weight excluding hydrogens is 689 g/mol. The van der Waals surface area contributed by atoms with Gasteiger partial charge in [0, 0.05) is 59.0 Å². The van der Waals surface area contributed by atoms with Gasteiger partial charge in [-0.2, -0.15) is 0 Å². The van der Waals surface area contributed by atoms with Gasteiger partial charge in [-0.15, -0.1) is 0 Å². The molecule has 0 fully saturated rings. The number of hydrogen-bond acceptors (Lipinski definition) is 6. The fourth-order valence-corrected chi connectivity index (χ4v) is 10.9. The first-order chi connectivity index (χ1) is 26.2. The predicted molar refractivity (Wildman–Crippen MR) is 220 cm³/mol. The van der Waals surface area contributed by atoms with Crippen LogP contribution >= 0.6 is 23.5 Å². The highest BCUT2D eigenvalue weighted by Gasteiger charge is 2.36. The first-order valence-corrected chi connectivity index (χ1v) is 19.7. The quantitative estimate of drug-likeness (QED) is 0.177. The molecule has 2 aromatic heterocycles. The van der Waals surface area contributed by atoms with Crippen molar-refractivity contribution in [1.82, 2.24) is 0 Å². The summed E-state index contributed by atoms with van der Waals surface area (Å²) in [5.74, 6) is 1.16. The molecule has 2 unspecified atom stereocenters. The Hall–Kier alpha value is -5.82. The molecule has 6 heteroatoms. The Morgan fingerprint density at radius 2 is 1.04 bits per heavy atom. The van der Waals surface area contributed by atoms with Gasteiger partial charge in [0.05, 0.1) is 28.8 Å². The van der Waals surface area contributed by atoms with Crippen molar-refractivity contribution in [3.63, 3.8) is 0 Å². The molecule has 0 bridgehead atoms. The van der Waals surface area contributed by atoms with Crippen LogP contribution in [0.4, 0.5) is 28.4 Å². The smallest absolute Gasteiger partial charge is 0.137 e. The number of rotatable bonds is 2. The van der Waals surface area contributed by atoms with Crippen molar-refractivity contribution < 1.29 is 8.83 Å². The van der Waals surface area contributed by atoms with E-state index in [1.807, 2.05) is 23.5 Å². The molecule has 252 valence electrons. The van der Waals surface area contributed by atoms with Gasteiger partial charge in [0.2, 0.25) is 0 Å². The lowest BCUT2D eigenvalue weighted by Crippen LogP contribution is -2.36. The third-order valence-corrected chi connectivity index (χ3v) is 13.4. The molecule has 12 rings (SSSR count). The molecule has 4 nitrogen and oxygen atoms in total. The normalized spacial score (nSPS) is 17.2. The molecule has 53 heavy (non-hydrogen) atoms. The second kappa shape index (κ2) is 11.1. The summed E-state index contributed by atoms with van der Waals surface area (Å²) < 4.78 is 13.5. The lowest BCUT2D eigenvalue weighted by molar-refractivity contribution is 0.475. The van der Waals surface area contributed by atoms with Gasteiger partial charge in [0.1, 0.15) is 22.5 Å². The van der Waals surface area contributed by atoms with E-state index in [1.54, 1.807) is 0 Å². The van der Waals surface area contributed by atoms with Gasteiger partial charge in [-0.05, 0) is 95.7 Å². The van der Waals surface area contributed by atoms with Crippen molar-refractivity contribution in [2.75, 3.05) is 9.80 Å². The summed E-state index contributed by atoms with van der Waals surface area (Å²) in [5.41, 5.74) is 9.80. The van der Waals surface area contributed by atoms with Gasteiger partial charge < -0.3 is 18.6 Å². The molecule has 0 radical (unpaired) electrons. The van der Waals surface area contributed by atoms with Crippen LogP contribution in [0.15, 0.2) is 174 Å². The van der Waals surface area contributed by atoms with Crippen molar-refractivity contribution in [3.8, 4) is 0 Å². The van der Waals surface area contributed by atoms with Crippen LogP contribution in [0.1, 0.15) is 24.2 Å². The van der Waals surface area contributed by atoms with E-state index in [9.17, 15) is 0 Å². The molecule has 0 saturated carbocycles. The summed E-state index contributed by atoms with van der Waals surface area (Å²) >= 11 is 3.67. The average Bonchev–Trinajstić information content (AvgIpc) is 3.78. The van der Waals surface area contributed by atoms with Crippen molar-refractivity contribution in [3.05, 3.63) is 157 Å². The molecule has 2 atom stereocenters. The van der Waals surface area contributed by atoms with Gasteiger partial charge in [0.15, 0.2) is 0 Å². The minimum atomic E-state index is 0.105. The highest BCUT2D eigenvalue weighted by Crippen LogP contribution is 2.54. The van der Waals surface area contributed by atoms with E-state index in [1.165, 1.54) is 64.1 Å². The molecule has 7 aromatic carbocycles. The number of benzene rings is 7. The Morgan fingerprint density at radius 3 is 1.68 bits per heavy atom. The first kappa shape index (κ1) is 29.7. The summed E-state index contributed by atoms with van der Waals surface area (Å²) in [4.78, 5) is 9.91. The zero-order valence-corrected chi connectivity index (χ0v) is 30.2. The minimum Gasteiger partial charge on any atom is -0.460 e. The molecule has 0 N–H and O–H groups in total. The Bertz CT molecular complexity index is 2940. The Labute approximate surface area is 314 Å². The average molecular weight is 719 g/mol. The van der Waals surface area contributed by atoms with E-state index in [4.69, 9.17) is 8.83 Å². The summed E-state index contributed by atoms with van der Waals surface area (Å²) in [6.07, 6.45) is 4.68.